The Labute approximate surface area is 147 Å². The second-order valence-electron chi connectivity index (χ2n) is 6.54. The van der Waals surface area contributed by atoms with Crippen molar-refractivity contribution in [3.05, 3.63) is 53.3 Å². The van der Waals surface area contributed by atoms with Crippen LogP contribution in [0.2, 0.25) is 0 Å². The van der Waals surface area contributed by atoms with Gasteiger partial charge in [-0.05, 0) is 18.4 Å². The first-order valence-electron chi connectivity index (χ1n) is 8.77. The Morgan fingerprint density at radius 3 is 2.68 bits per heavy atom. The van der Waals surface area contributed by atoms with E-state index in [4.69, 9.17) is 5.73 Å². The number of carbonyl (C=O) groups excluding carboxylic acids is 2. The lowest BCUT2D eigenvalue weighted by molar-refractivity contribution is -0.121. The van der Waals surface area contributed by atoms with Crippen molar-refractivity contribution in [3.63, 3.8) is 0 Å². The Hall–Kier alpha value is -2.63. The number of hydrogen-bond donors (Lipinski definition) is 1. The summed E-state index contributed by atoms with van der Waals surface area (Å²) in [5.74, 6) is -0.617. The average Bonchev–Trinajstić information content (AvgIpc) is 3.24. The quantitative estimate of drug-likeness (QED) is 0.871. The number of carbonyl (C=O) groups is 2. The molecule has 132 valence electrons. The molecule has 1 saturated heterocycles. The Balaban J connectivity index is 1.81. The molecule has 6 nitrogen and oxygen atoms in total. The summed E-state index contributed by atoms with van der Waals surface area (Å²) in [4.78, 5) is 26.0. The van der Waals surface area contributed by atoms with Gasteiger partial charge in [-0.2, -0.15) is 5.10 Å². The van der Waals surface area contributed by atoms with E-state index in [-0.39, 0.29) is 17.7 Å². The Kier molecular flexibility index (Phi) is 5.16. The van der Waals surface area contributed by atoms with Gasteiger partial charge < -0.3 is 10.6 Å². The molecule has 2 amide bonds. The standard InChI is InChI=1S/C19H24N4O2/c1-2-6-17-16(19(25)22-10-9-15(13-22)18(20)24)11-21-23(17)12-14-7-4-3-5-8-14/h3-5,7-8,11,15H,2,6,9-10,12-13H2,1H3,(H2,20,24)/t15-/m1/s1. The molecule has 0 aliphatic carbocycles. The monoisotopic (exact) mass is 340 g/mol. The maximum Gasteiger partial charge on any atom is 0.257 e. The first-order valence-corrected chi connectivity index (χ1v) is 8.77. The van der Waals surface area contributed by atoms with Crippen LogP contribution < -0.4 is 5.73 Å². The zero-order valence-electron chi connectivity index (χ0n) is 14.5. The van der Waals surface area contributed by atoms with Gasteiger partial charge in [0, 0.05) is 13.1 Å². The minimum absolute atomic E-state index is 0.0495. The topological polar surface area (TPSA) is 81.2 Å². The predicted molar refractivity (Wildman–Crippen MR) is 95.0 cm³/mol. The fourth-order valence-corrected chi connectivity index (χ4v) is 3.33. The minimum atomic E-state index is -0.330. The highest BCUT2D eigenvalue weighted by molar-refractivity contribution is 5.95. The van der Waals surface area contributed by atoms with Gasteiger partial charge in [-0.15, -0.1) is 0 Å². The number of nitrogens with zero attached hydrogens (tertiary/aromatic N) is 3. The molecule has 0 unspecified atom stereocenters. The van der Waals surface area contributed by atoms with Crippen molar-refractivity contribution in [3.8, 4) is 0 Å². The maximum atomic E-state index is 12.9. The fraction of sp³-hybridized carbons (Fsp3) is 0.421. The number of benzene rings is 1. The maximum absolute atomic E-state index is 12.9. The number of rotatable bonds is 6. The summed E-state index contributed by atoms with van der Waals surface area (Å²) >= 11 is 0. The van der Waals surface area contributed by atoms with E-state index in [1.54, 1.807) is 11.1 Å². The van der Waals surface area contributed by atoms with Crippen molar-refractivity contribution in [1.82, 2.24) is 14.7 Å². The molecule has 6 heteroatoms. The highest BCUT2D eigenvalue weighted by atomic mass is 16.2. The number of likely N-dealkylation sites (tertiary alicyclic amines) is 1. The molecule has 2 N–H and O–H groups in total. The van der Waals surface area contributed by atoms with Crippen molar-refractivity contribution in [2.45, 2.75) is 32.7 Å². The molecule has 1 fully saturated rings. The molecule has 3 rings (SSSR count). The molecule has 0 radical (unpaired) electrons. The van der Waals surface area contributed by atoms with Gasteiger partial charge in [0.15, 0.2) is 0 Å². The second-order valence-corrected chi connectivity index (χ2v) is 6.54. The summed E-state index contributed by atoms with van der Waals surface area (Å²) in [5.41, 5.74) is 8.12. The van der Waals surface area contributed by atoms with Crippen LogP contribution in [-0.4, -0.2) is 39.6 Å². The summed E-state index contributed by atoms with van der Waals surface area (Å²) in [5, 5.41) is 4.45. The molecular formula is C19H24N4O2. The molecule has 1 aliphatic heterocycles. The van der Waals surface area contributed by atoms with Crippen LogP contribution >= 0.6 is 0 Å². The highest BCUT2D eigenvalue weighted by Gasteiger charge is 2.31. The summed E-state index contributed by atoms with van der Waals surface area (Å²) < 4.78 is 1.91. The third kappa shape index (κ3) is 3.73. The van der Waals surface area contributed by atoms with Gasteiger partial charge in [-0.3, -0.25) is 14.3 Å². The summed E-state index contributed by atoms with van der Waals surface area (Å²) in [6, 6.07) is 10.1. The van der Waals surface area contributed by atoms with Crippen molar-refractivity contribution in [1.29, 1.82) is 0 Å². The van der Waals surface area contributed by atoms with Crippen LogP contribution in [0.4, 0.5) is 0 Å². The van der Waals surface area contributed by atoms with E-state index in [2.05, 4.69) is 24.2 Å². The highest BCUT2D eigenvalue weighted by Crippen LogP contribution is 2.21. The smallest absolute Gasteiger partial charge is 0.257 e. The number of primary amides is 1. The Morgan fingerprint density at radius 2 is 2.04 bits per heavy atom. The molecule has 0 saturated carbocycles. The van der Waals surface area contributed by atoms with Crippen LogP contribution in [0, 0.1) is 5.92 Å². The number of nitrogens with two attached hydrogens (primary N) is 1. The third-order valence-electron chi connectivity index (χ3n) is 4.72. The molecule has 1 aromatic heterocycles. The van der Waals surface area contributed by atoms with Crippen molar-refractivity contribution < 1.29 is 9.59 Å². The van der Waals surface area contributed by atoms with Crippen LogP contribution in [0.3, 0.4) is 0 Å². The molecule has 1 aliphatic rings. The fourth-order valence-electron chi connectivity index (χ4n) is 3.33. The third-order valence-corrected chi connectivity index (χ3v) is 4.72. The predicted octanol–water partition coefficient (Wildman–Crippen LogP) is 1.83. The van der Waals surface area contributed by atoms with Crippen LogP contribution in [0.15, 0.2) is 36.5 Å². The molecule has 2 aromatic rings. The van der Waals surface area contributed by atoms with Gasteiger partial charge in [0.05, 0.1) is 29.9 Å². The molecule has 0 spiro atoms. The summed E-state index contributed by atoms with van der Waals surface area (Å²) in [6.07, 6.45) is 4.03. The normalized spacial score (nSPS) is 17.0. The van der Waals surface area contributed by atoms with Crippen molar-refractivity contribution in [2.75, 3.05) is 13.1 Å². The molecule has 0 bridgehead atoms. The second kappa shape index (κ2) is 7.51. The van der Waals surface area contributed by atoms with Crippen LogP contribution in [0.1, 0.15) is 41.4 Å². The summed E-state index contributed by atoms with van der Waals surface area (Å²) in [7, 11) is 0. The molecule has 2 heterocycles. The lowest BCUT2D eigenvalue weighted by Crippen LogP contribution is -2.32. The molecule has 25 heavy (non-hydrogen) atoms. The van der Waals surface area contributed by atoms with Gasteiger partial charge >= 0.3 is 0 Å². The number of hydrogen-bond acceptors (Lipinski definition) is 3. The van der Waals surface area contributed by atoms with Gasteiger partial charge in [0.25, 0.3) is 5.91 Å². The van der Waals surface area contributed by atoms with E-state index < -0.39 is 0 Å². The van der Waals surface area contributed by atoms with Gasteiger partial charge in [-0.1, -0.05) is 43.7 Å². The average molecular weight is 340 g/mol. The van der Waals surface area contributed by atoms with E-state index in [1.165, 1.54) is 0 Å². The van der Waals surface area contributed by atoms with E-state index in [0.717, 1.165) is 24.1 Å². The van der Waals surface area contributed by atoms with E-state index in [0.29, 0.717) is 31.6 Å². The summed E-state index contributed by atoms with van der Waals surface area (Å²) in [6.45, 7) is 3.71. The first-order chi connectivity index (χ1) is 12.1. The molecule has 1 atom stereocenters. The van der Waals surface area contributed by atoms with Crippen molar-refractivity contribution >= 4 is 11.8 Å². The molecule has 1 aromatic carbocycles. The first kappa shape index (κ1) is 17.2. The largest absolute Gasteiger partial charge is 0.369 e. The van der Waals surface area contributed by atoms with E-state index in [9.17, 15) is 9.59 Å². The molecular weight excluding hydrogens is 316 g/mol. The number of aromatic nitrogens is 2. The lowest BCUT2D eigenvalue weighted by Gasteiger charge is -2.16. The SMILES string of the molecule is CCCc1c(C(=O)N2CC[C@@H](C(N)=O)C2)cnn1Cc1ccccc1. The Bertz CT molecular complexity index is 754. The van der Waals surface area contributed by atoms with Crippen molar-refractivity contribution in [2.24, 2.45) is 11.7 Å². The lowest BCUT2D eigenvalue weighted by atomic mass is 10.1. The van der Waals surface area contributed by atoms with Crippen LogP contribution in [0.5, 0.6) is 0 Å². The zero-order chi connectivity index (χ0) is 17.8. The minimum Gasteiger partial charge on any atom is -0.369 e. The van der Waals surface area contributed by atoms with Crippen LogP contribution in [0.25, 0.3) is 0 Å². The van der Waals surface area contributed by atoms with E-state index in [1.807, 2.05) is 22.9 Å². The van der Waals surface area contributed by atoms with Gasteiger partial charge in [0.2, 0.25) is 5.91 Å². The number of amides is 2. The van der Waals surface area contributed by atoms with Gasteiger partial charge in [0.1, 0.15) is 0 Å². The van der Waals surface area contributed by atoms with E-state index >= 15 is 0 Å². The zero-order valence-corrected chi connectivity index (χ0v) is 14.5. The van der Waals surface area contributed by atoms with Crippen LogP contribution in [-0.2, 0) is 17.8 Å². The Morgan fingerprint density at radius 1 is 1.28 bits per heavy atom. The van der Waals surface area contributed by atoms with Gasteiger partial charge in [-0.25, -0.2) is 0 Å².